The SMILES string of the molecule is NNCNc1ccc(C2CCCCC2)cc1. The first-order valence-corrected chi connectivity index (χ1v) is 6.17. The fraction of sp³-hybridized carbons (Fsp3) is 0.538. The van der Waals surface area contributed by atoms with Gasteiger partial charge in [-0.3, -0.25) is 5.84 Å². The van der Waals surface area contributed by atoms with E-state index in [4.69, 9.17) is 5.84 Å². The zero-order chi connectivity index (χ0) is 11.2. The maximum absolute atomic E-state index is 5.21. The number of hydrogen-bond acceptors (Lipinski definition) is 3. The smallest absolute Gasteiger partial charge is 0.0780 e. The van der Waals surface area contributed by atoms with Gasteiger partial charge in [-0.1, -0.05) is 31.4 Å². The van der Waals surface area contributed by atoms with Crippen LogP contribution >= 0.6 is 0 Å². The second kappa shape index (κ2) is 5.87. The fourth-order valence-corrected chi connectivity index (χ4v) is 2.46. The van der Waals surface area contributed by atoms with E-state index in [-0.39, 0.29) is 0 Å². The molecule has 0 bridgehead atoms. The van der Waals surface area contributed by atoms with Crippen molar-refractivity contribution in [3.05, 3.63) is 29.8 Å². The molecule has 3 heteroatoms. The zero-order valence-electron chi connectivity index (χ0n) is 9.71. The van der Waals surface area contributed by atoms with Crippen LogP contribution in [0.25, 0.3) is 0 Å². The third-order valence-corrected chi connectivity index (χ3v) is 3.38. The molecule has 0 unspecified atom stereocenters. The van der Waals surface area contributed by atoms with Gasteiger partial charge in [0.2, 0.25) is 0 Å². The number of nitrogens with one attached hydrogen (secondary N) is 2. The van der Waals surface area contributed by atoms with Crippen molar-refractivity contribution in [2.75, 3.05) is 12.0 Å². The molecule has 0 heterocycles. The minimum Gasteiger partial charge on any atom is -0.371 e. The Balaban J connectivity index is 1.95. The van der Waals surface area contributed by atoms with Crippen LogP contribution in [0.1, 0.15) is 43.6 Å². The van der Waals surface area contributed by atoms with Crippen LogP contribution in [0.4, 0.5) is 5.69 Å². The third-order valence-electron chi connectivity index (χ3n) is 3.38. The van der Waals surface area contributed by atoms with E-state index in [1.807, 2.05) is 0 Å². The molecule has 2 rings (SSSR count). The average molecular weight is 219 g/mol. The number of rotatable bonds is 4. The molecule has 1 aliphatic rings. The predicted octanol–water partition coefficient (Wildman–Crippen LogP) is 2.57. The lowest BCUT2D eigenvalue weighted by Gasteiger charge is -2.22. The first kappa shape index (κ1) is 11.4. The first-order chi connectivity index (χ1) is 7.90. The highest BCUT2D eigenvalue weighted by atomic mass is 15.3. The molecular formula is C13H21N3. The molecule has 1 aliphatic carbocycles. The highest BCUT2D eigenvalue weighted by Gasteiger charge is 2.14. The van der Waals surface area contributed by atoms with E-state index in [0.29, 0.717) is 6.67 Å². The van der Waals surface area contributed by atoms with Crippen LogP contribution in [-0.4, -0.2) is 6.67 Å². The van der Waals surface area contributed by atoms with Crippen LogP contribution < -0.4 is 16.6 Å². The van der Waals surface area contributed by atoms with E-state index < -0.39 is 0 Å². The van der Waals surface area contributed by atoms with Crippen LogP contribution in [-0.2, 0) is 0 Å². The van der Waals surface area contributed by atoms with Crippen molar-refractivity contribution in [2.45, 2.75) is 38.0 Å². The molecule has 1 aromatic rings. The van der Waals surface area contributed by atoms with Crippen molar-refractivity contribution in [3.63, 3.8) is 0 Å². The van der Waals surface area contributed by atoms with Gasteiger partial charge in [0, 0.05) is 5.69 Å². The molecule has 3 nitrogen and oxygen atoms in total. The summed E-state index contributed by atoms with van der Waals surface area (Å²) in [7, 11) is 0. The maximum Gasteiger partial charge on any atom is 0.0780 e. The number of anilines is 1. The van der Waals surface area contributed by atoms with Gasteiger partial charge in [0.15, 0.2) is 0 Å². The van der Waals surface area contributed by atoms with Gasteiger partial charge >= 0.3 is 0 Å². The quantitative estimate of drug-likeness (QED) is 0.414. The molecular weight excluding hydrogens is 198 g/mol. The van der Waals surface area contributed by atoms with Gasteiger partial charge in [-0.25, -0.2) is 5.43 Å². The highest BCUT2D eigenvalue weighted by Crippen LogP contribution is 2.32. The Morgan fingerprint density at radius 1 is 1.06 bits per heavy atom. The molecule has 1 saturated carbocycles. The van der Waals surface area contributed by atoms with Crippen LogP contribution in [0, 0.1) is 0 Å². The lowest BCUT2D eigenvalue weighted by atomic mass is 9.84. The second-order valence-corrected chi connectivity index (χ2v) is 4.51. The average Bonchev–Trinajstić information content (AvgIpc) is 2.38. The maximum atomic E-state index is 5.21. The summed E-state index contributed by atoms with van der Waals surface area (Å²) in [6, 6.07) is 8.77. The number of hydrazine groups is 1. The molecule has 0 aliphatic heterocycles. The van der Waals surface area contributed by atoms with Gasteiger partial charge in [-0.05, 0) is 36.5 Å². The van der Waals surface area contributed by atoms with E-state index in [0.717, 1.165) is 11.6 Å². The lowest BCUT2D eigenvalue weighted by Crippen LogP contribution is -2.28. The molecule has 0 amide bonds. The molecule has 0 spiro atoms. The Hall–Kier alpha value is -1.06. The summed E-state index contributed by atoms with van der Waals surface area (Å²) in [5.74, 6) is 6.00. The molecule has 4 N–H and O–H groups in total. The van der Waals surface area contributed by atoms with Gasteiger partial charge in [-0.15, -0.1) is 0 Å². The summed E-state index contributed by atoms with van der Waals surface area (Å²) in [4.78, 5) is 0. The molecule has 0 aromatic heterocycles. The fourth-order valence-electron chi connectivity index (χ4n) is 2.46. The lowest BCUT2D eigenvalue weighted by molar-refractivity contribution is 0.443. The standard InChI is InChI=1S/C13H21N3/c14-16-10-15-13-8-6-12(7-9-13)11-4-2-1-3-5-11/h6-9,11,15-16H,1-5,10,14H2. The molecule has 1 aromatic carbocycles. The van der Waals surface area contributed by atoms with Gasteiger partial charge in [0.05, 0.1) is 6.67 Å². The Morgan fingerprint density at radius 2 is 1.75 bits per heavy atom. The zero-order valence-corrected chi connectivity index (χ0v) is 9.71. The molecule has 1 fully saturated rings. The molecule has 0 radical (unpaired) electrons. The molecule has 0 atom stereocenters. The Labute approximate surface area is 97.4 Å². The van der Waals surface area contributed by atoms with E-state index in [2.05, 4.69) is 35.0 Å². The van der Waals surface area contributed by atoms with Crippen molar-refractivity contribution >= 4 is 5.69 Å². The van der Waals surface area contributed by atoms with E-state index in [1.165, 1.54) is 37.7 Å². The molecule has 88 valence electrons. The van der Waals surface area contributed by atoms with Crippen molar-refractivity contribution < 1.29 is 0 Å². The van der Waals surface area contributed by atoms with Crippen LogP contribution in [0.5, 0.6) is 0 Å². The van der Waals surface area contributed by atoms with Gasteiger partial charge in [0.1, 0.15) is 0 Å². The predicted molar refractivity (Wildman–Crippen MR) is 68.1 cm³/mol. The molecule has 16 heavy (non-hydrogen) atoms. The monoisotopic (exact) mass is 219 g/mol. The van der Waals surface area contributed by atoms with Crippen LogP contribution in [0.15, 0.2) is 24.3 Å². The van der Waals surface area contributed by atoms with Crippen molar-refractivity contribution in [2.24, 2.45) is 5.84 Å². The Morgan fingerprint density at radius 3 is 2.38 bits per heavy atom. The topological polar surface area (TPSA) is 50.1 Å². The number of nitrogens with two attached hydrogens (primary N) is 1. The summed E-state index contributed by atoms with van der Waals surface area (Å²) in [6.45, 7) is 0.600. The van der Waals surface area contributed by atoms with Gasteiger partial charge < -0.3 is 5.32 Å². The third kappa shape index (κ3) is 2.97. The normalized spacial score (nSPS) is 17.3. The summed E-state index contributed by atoms with van der Waals surface area (Å²) >= 11 is 0. The van der Waals surface area contributed by atoms with E-state index >= 15 is 0 Å². The van der Waals surface area contributed by atoms with E-state index in [9.17, 15) is 0 Å². The van der Waals surface area contributed by atoms with Crippen LogP contribution in [0.3, 0.4) is 0 Å². The number of benzene rings is 1. The molecule has 0 saturated heterocycles. The van der Waals surface area contributed by atoms with Crippen molar-refractivity contribution in [1.29, 1.82) is 0 Å². The minimum absolute atomic E-state index is 0.600. The van der Waals surface area contributed by atoms with Gasteiger partial charge in [-0.2, -0.15) is 0 Å². The Bertz CT molecular complexity index is 301. The first-order valence-electron chi connectivity index (χ1n) is 6.17. The summed E-state index contributed by atoms with van der Waals surface area (Å²) in [5, 5.41) is 3.19. The Kier molecular flexibility index (Phi) is 4.19. The second-order valence-electron chi connectivity index (χ2n) is 4.51. The summed E-state index contributed by atoms with van der Waals surface area (Å²) < 4.78 is 0. The highest BCUT2D eigenvalue weighted by molar-refractivity contribution is 5.45. The van der Waals surface area contributed by atoms with Gasteiger partial charge in [0.25, 0.3) is 0 Å². The van der Waals surface area contributed by atoms with Crippen LogP contribution in [0.2, 0.25) is 0 Å². The number of hydrogen-bond donors (Lipinski definition) is 3. The largest absolute Gasteiger partial charge is 0.371 e. The van der Waals surface area contributed by atoms with Crippen molar-refractivity contribution in [1.82, 2.24) is 5.43 Å². The summed E-state index contributed by atoms with van der Waals surface area (Å²) in [5.41, 5.74) is 5.20. The van der Waals surface area contributed by atoms with E-state index in [1.54, 1.807) is 0 Å². The minimum atomic E-state index is 0.600. The summed E-state index contributed by atoms with van der Waals surface area (Å²) in [6.07, 6.45) is 6.91. The van der Waals surface area contributed by atoms with Crippen molar-refractivity contribution in [3.8, 4) is 0 Å².